The summed E-state index contributed by atoms with van der Waals surface area (Å²) in [4.78, 5) is 0. The smallest absolute Gasteiger partial charge is 0.125 e. The number of hydrogen-bond acceptors (Lipinski definition) is 3. The molecule has 0 bridgehead atoms. The Balaban J connectivity index is 2.28. The molecule has 0 radical (unpaired) electrons. The van der Waals surface area contributed by atoms with Gasteiger partial charge in [0.2, 0.25) is 0 Å². The second-order valence-electron chi connectivity index (χ2n) is 6.21. The molecule has 0 spiro atoms. The van der Waals surface area contributed by atoms with E-state index in [9.17, 15) is 0 Å². The molecule has 1 aliphatic heterocycles. The topological polar surface area (TPSA) is 30.5 Å². The van der Waals surface area contributed by atoms with Crippen molar-refractivity contribution in [1.82, 2.24) is 5.32 Å². The van der Waals surface area contributed by atoms with E-state index in [1.54, 1.807) is 0 Å². The van der Waals surface area contributed by atoms with Gasteiger partial charge in [-0.3, -0.25) is 0 Å². The van der Waals surface area contributed by atoms with Gasteiger partial charge in [-0.25, -0.2) is 0 Å². The molecule has 1 heterocycles. The summed E-state index contributed by atoms with van der Waals surface area (Å²) in [6, 6.07) is 6.51. The molecule has 1 N–H and O–H groups in total. The van der Waals surface area contributed by atoms with E-state index in [0.717, 1.165) is 30.9 Å². The molecule has 0 saturated carbocycles. The lowest BCUT2D eigenvalue weighted by Gasteiger charge is -2.38. The van der Waals surface area contributed by atoms with Gasteiger partial charge in [-0.2, -0.15) is 0 Å². The van der Waals surface area contributed by atoms with Crippen LogP contribution in [0.1, 0.15) is 59.1 Å². The van der Waals surface area contributed by atoms with Crippen molar-refractivity contribution in [1.29, 1.82) is 0 Å². The first-order chi connectivity index (χ1) is 9.45. The maximum absolute atomic E-state index is 6.09. The average molecular weight is 277 g/mol. The van der Waals surface area contributed by atoms with Crippen LogP contribution in [-0.4, -0.2) is 18.2 Å². The Morgan fingerprint density at radius 1 is 1.40 bits per heavy atom. The zero-order valence-electron chi connectivity index (χ0n) is 13.3. The second kappa shape index (κ2) is 6.04. The van der Waals surface area contributed by atoms with Gasteiger partial charge < -0.3 is 14.8 Å². The normalized spacial score (nSPS) is 21.8. The molecular formula is C17H27NO2. The number of benzene rings is 1. The molecule has 1 aromatic carbocycles. The van der Waals surface area contributed by atoms with Gasteiger partial charge in [-0.1, -0.05) is 13.8 Å². The Morgan fingerprint density at radius 2 is 2.15 bits per heavy atom. The number of nitrogens with one attached hydrogen (secondary N) is 1. The van der Waals surface area contributed by atoms with Crippen LogP contribution >= 0.6 is 0 Å². The zero-order chi connectivity index (χ0) is 14.8. The van der Waals surface area contributed by atoms with Gasteiger partial charge in [-0.05, 0) is 51.9 Å². The third-order valence-corrected chi connectivity index (χ3v) is 3.80. The monoisotopic (exact) mass is 277 g/mol. The van der Waals surface area contributed by atoms with Crippen molar-refractivity contribution in [3.05, 3.63) is 23.8 Å². The summed E-state index contributed by atoms with van der Waals surface area (Å²) >= 11 is 0. The predicted octanol–water partition coefficient (Wildman–Crippen LogP) is 4.08. The molecule has 2 rings (SSSR count). The van der Waals surface area contributed by atoms with Gasteiger partial charge in [0.25, 0.3) is 0 Å². The van der Waals surface area contributed by atoms with Crippen LogP contribution in [0.25, 0.3) is 0 Å². The highest BCUT2D eigenvalue weighted by Crippen LogP contribution is 2.41. The summed E-state index contributed by atoms with van der Waals surface area (Å²) in [5.74, 6) is 1.91. The molecule has 112 valence electrons. The standard InChI is InChI=1S/C17H27NO2/c1-6-12(3)19-13-8-9-16-14(10-13)15(18-7-2)11-17(4,5)20-16/h8-10,12,15,18H,6-7,11H2,1-5H3. The van der Waals surface area contributed by atoms with E-state index < -0.39 is 0 Å². The summed E-state index contributed by atoms with van der Waals surface area (Å²) < 4.78 is 12.0. The first-order valence-corrected chi connectivity index (χ1v) is 7.68. The molecule has 0 amide bonds. The quantitative estimate of drug-likeness (QED) is 0.880. The van der Waals surface area contributed by atoms with Gasteiger partial charge in [0.15, 0.2) is 0 Å². The zero-order valence-corrected chi connectivity index (χ0v) is 13.3. The molecule has 1 aromatic rings. The molecule has 2 atom stereocenters. The van der Waals surface area contributed by atoms with E-state index in [4.69, 9.17) is 9.47 Å². The minimum Gasteiger partial charge on any atom is -0.491 e. The molecule has 0 fully saturated rings. The minimum absolute atomic E-state index is 0.126. The summed E-state index contributed by atoms with van der Waals surface area (Å²) in [6.07, 6.45) is 2.23. The van der Waals surface area contributed by atoms with Crippen molar-refractivity contribution in [3.63, 3.8) is 0 Å². The SMILES string of the molecule is CCNC1CC(C)(C)Oc2ccc(OC(C)CC)cc21. The molecule has 1 aliphatic rings. The van der Waals surface area contributed by atoms with Crippen LogP contribution in [0.4, 0.5) is 0 Å². The van der Waals surface area contributed by atoms with Gasteiger partial charge >= 0.3 is 0 Å². The fourth-order valence-electron chi connectivity index (χ4n) is 2.65. The first-order valence-electron chi connectivity index (χ1n) is 7.68. The maximum atomic E-state index is 6.09. The molecule has 20 heavy (non-hydrogen) atoms. The van der Waals surface area contributed by atoms with Gasteiger partial charge in [0.05, 0.1) is 6.10 Å². The summed E-state index contributed by atoms with van der Waals surface area (Å²) in [7, 11) is 0. The molecule has 3 nitrogen and oxygen atoms in total. The highest BCUT2D eigenvalue weighted by Gasteiger charge is 2.33. The minimum atomic E-state index is -0.126. The Labute approximate surface area is 122 Å². The number of rotatable bonds is 5. The fraction of sp³-hybridized carbons (Fsp3) is 0.647. The Morgan fingerprint density at radius 3 is 2.80 bits per heavy atom. The average Bonchev–Trinajstić information content (AvgIpc) is 2.38. The van der Waals surface area contributed by atoms with E-state index in [-0.39, 0.29) is 11.7 Å². The molecule has 0 aromatic heterocycles. The van der Waals surface area contributed by atoms with Crippen molar-refractivity contribution in [2.75, 3.05) is 6.54 Å². The van der Waals surface area contributed by atoms with Crippen molar-refractivity contribution in [3.8, 4) is 11.5 Å². The van der Waals surface area contributed by atoms with Crippen molar-refractivity contribution in [2.45, 2.75) is 65.2 Å². The van der Waals surface area contributed by atoms with Crippen molar-refractivity contribution in [2.24, 2.45) is 0 Å². The number of ether oxygens (including phenoxy) is 2. The van der Waals surface area contributed by atoms with Crippen LogP contribution in [-0.2, 0) is 0 Å². The highest BCUT2D eigenvalue weighted by molar-refractivity contribution is 5.44. The van der Waals surface area contributed by atoms with E-state index in [1.165, 1.54) is 5.56 Å². The Hall–Kier alpha value is -1.22. The molecular weight excluding hydrogens is 250 g/mol. The summed E-state index contributed by atoms with van der Waals surface area (Å²) in [5, 5.41) is 3.56. The van der Waals surface area contributed by atoms with Crippen LogP contribution in [0.5, 0.6) is 11.5 Å². The largest absolute Gasteiger partial charge is 0.491 e. The van der Waals surface area contributed by atoms with Crippen LogP contribution in [0, 0.1) is 0 Å². The predicted molar refractivity (Wildman–Crippen MR) is 82.6 cm³/mol. The number of fused-ring (bicyclic) bond motifs is 1. The molecule has 2 unspecified atom stereocenters. The Bertz CT molecular complexity index is 456. The van der Waals surface area contributed by atoms with Gasteiger partial charge in [0, 0.05) is 18.0 Å². The lowest BCUT2D eigenvalue weighted by atomic mass is 9.89. The fourth-order valence-corrected chi connectivity index (χ4v) is 2.65. The first kappa shape index (κ1) is 15.2. The Kier molecular flexibility index (Phi) is 4.59. The third kappa shape index (κ3) is 3.45. The van der Waals surface area contributed by atoms with Crippen LogP contribution in [0.15, 0.2) is 18.2 Å². The second-order valence-corrected chi connectivity index (χ2v) is 6.21. The number of hydrogen-bond donors (Lipinski definition) is 1. The molecule has 0 saturated heterocycles. The van der Waals surface area contributed by atoms with E-state index in [1.807, 2.05) is 12.1 Å². The molecule has 3 heteroatoms. The van der Waals surface area contributed by atoms with Gasteiger partial charge in [0.1, 0.15) is 17.1 Å². The highest BCUT2D eigenvalue weighted by atomic mass is 16.5. The van der Waals surface area contributed by atoms with Crippen molar-refractivity contribution >= 4 is 0 Å². The van der Waals surface area contributed by atoms with E-state index >= 15 is 0 Å². The molecule has 0 aliphatic carbocycles. The van der Waals surface area contributed by atoms with Crippen LogP contribution in [0.3, 0.4) is 0 Å². The lowest BCUT2D eigenvalue weighted by Crippen LogP contribution is -2.39. The maximum Gasteiger partial charge on any atom is 0.125 e. The third-order valence-electron chi connectivity index (χ3n) is 3.80. The summed E-state index contributed by atoms with van der Waals surface area (Å²) in [5.41, 5.74) is 1.09. The lowest BCUT2D eigenvalue weighted by molar-refractivity contribution is 0.0660. The van der Waals surface area contributed by atoms with Crippen molar-refractivity contribution < 1.29 is 9.47 Å². The van der Waals surface area contributed by atoms with Gasteiger partial charge in [-0.15, -0.1) is 0 Å². The van der Waals surface area contributed by atoms with E-state index in [2.05, 4.69) is 46.0 Å². The van der Waals surface area contributed by atoms with E-state index in [0.29, 0.717) is 6.04 Å². The van der Waals surface area contributed by atoms with Crippen LogP contribution < -0.4 is 14.8 Å². The van der Waals surface area contributed by atoms with Crippen LogP contribution in [0.2, 0.25) is 0 Å². The summed E-state index contributed by atoms with van der Waals surface area (Å²) in [6.45, 7) is 11.6.